The van der Waals surface area contributed by atoms with Crippen molar-refractivity contribution in [2.45, 2.75) is 24.2 Å². The van der Waals surface area contributed by atoms with Gasteiger partial charge in [-0.3, -0.25) is 4.79 Å². The summed E-state index contributed by atoms with van der Waals surface area (Å²) in [5.41, 5.74) is 0.247. The lowest BCUT2D eigenvalue weighted by Gasteiger charge is -2.22. The summed E-state index contributed by atoms with van der Waals surface area (Å²) >= 11 is 0. The summed E-state index contributed by atoms with van der Waals surface area (Å²) in [6.45, 7) is 2.16. The van der Waals surface area contributed by atoms with Crippen LogP contribution in [-0.4, -0.2) is 88.9 Å². The SMILES string of the molecule is COc1ccc(C(=O)N2CCCN(S(C)(=O)=O)CC2)cc1S(=O)(=O)N1CCCC1. The molecule has 0 aromatic heterocycles. The van der Waals surface area contributed by atoms with Crippen molar-refractivity contribution in [2.24, 2.45) is 0 Å². The second-order valence-electron chi connectivity index (χ2n) is 7.28. The molecule has 0 spiro atoms. The topological polar surface area (TPSA) is 104 Å². The number of carbonyl (C=O) groups excluding carboxylic acids is 1. The first-order chi connectivity index (χ1) is 13.6. The van der Waals surface area contributed by atoms with Gasteiger partial charge in [-0.1, -0.05) is 0 Å². The van der Waals surface area contributed by atoms with E-state index in [1.54, 1.807) is 11.0 Å². The molecule has 1 aromatic carbocycles. The molecule has 0 radical (unpaired) electrons. The van der Waals surface area contributed by atoms with E-state index < -0.39 is 20.0 Å². The molecule has 0 unspecified atom stereocenters. The van der Waals surface area contributed by atoms with Crippen molar-refractivity contribution >= 4 is 26.0 Å². The monoisotopic (exact) mass is 445 g/mol. The van der Waals surface area contributed by atoms with Gasteiger partial charge in [0.05, 0.1) is 13.4 Å². The molecule has 2 heterocycles. The van der Waals surface area contributed by atoms with Crippen molar-refractivity contribution in [3.63, 3.8) is 0 Å². The molecular weight excluding hydrogens is 418 g/mol. The van der Waals surface area contributed by atoms with E-state index in [1.165, 1.54) is 27.9 Å². The molecule has 2 saturated heterocycles. The first-order valence-electron chi connectivity index (χ1n) is 9.57. The van der Waals surface area contributed by atoms with Crippen molar-refractivity contribution < 1.29 is 26.4 Å². The maximum absolute atomic E-state index is 13.0. The molecule has 2 fully saturated rings. The first kappa shape index (κ1) is 22.0. The smallest absolute Gasteiger partial charge is 0.253 e. The van der Waals surface area contributed by atoms with E-state index in [9.17, 15) is 21.6 Å². The number of rotatable bonds is 5. The van der Waals surface area contributed by atoms with Gasteiger partial charge >= 0.3 is 0 Å². The Morgan fingerprint density at radius 1 is 0.897 bits per heavy atom. The number of methoxy groups -OCH3 is 1. The molecule has 0 N–H and O–H groups in total. The van der Waals surface area contributed by atoms with Gasteiger partial charge in [0.15, 0.2) is 0 Å². The number of carbonyl (C=O) groups is 1. The molecular formula is C18H27N3O6S2. The largest absolute Gasteiger partial charge is 0.495 e. The first-order valence-corrected chi connectivity index (χ1v) is 12.9. The van der Waals surface area contributed by atoms with Crippen LogP contribution in [0.5, 0.6) is 5.75 Å². The fourth-order valence-electron chi connectivity index (χ4n) is 3.69. The molecule has 2 aliphatic heterocycles. The maximum Gasteiger partial charge on any atom is 0.253 e. The standard InChI is InChI=1S/C18H27N3O6S2/c1-27-16-7-6-15(14-17(16)29(25,26)21-9-3-4-10-21)18(22)19-8-5-11-20(13-12-19)28(2,23)24/h6-7,14H,3-5,8-13H2,1-2H3. The molecule has 0 aliphatic carbocycles. The summed E-state index contributed by atoms with van der Waals surface area (Å²) in [4.78, 5) is 14.6. The lowest BCUT2D eigenvalue weighted by Crippen LogP contribution is -2.37. The Morgan fingerprint density at radius 3 is 2.17 bits per heavy atom. The lowest BCUT2D eigenvalue weighted by molar-refractivity contribution is 0.0764. The van der Waals surface area contributed by atoms with E-state index in [1.807, 2.05) is 0 Å². The number of sulfonamides is 2. The summed E-state index contributed by atoms with van der Waals surface area (Å²) in [5, 5.41) is 0. The predicted molar refractivity (Wildman–Crippen MR) is 108 cm³/mol. The highest BCUT2D eigenvalue weighted by molar-refractivity contribution is 7.89. The van der Waals surface area contributed by atoms with Crippen molar-refractivity contribution in [1.29, 1.82) is 0 Å². The molecule has 2 aliphatic rings. The van der Waals surface area contributed by atoms with E-state index in [0.29, 0.717) is 32.6 Å². The average molecular weight is 446 g/mol. The Bertz CT molecular complexity index is 971. The minimum Gasteiger partial charge on any atom is -0.495 e. The van der Waals surface area contributed by atoms with Crippen molar-refractivity contribution in [3.8, 4) is 5.75 Å². The molecule has 9 nitrogen and oxygen atoms in total. The van der Waals surface area contributed by atoms with Gasteiger partial charge in [0, 0.05) is 44.8 Å². The molecule has 162 valence electrons. The Labute approximate surface area is 172 Å². The van der Waals surface area contributed by atoms with Crippen molar-refractivity contribution in [3.05, 3.63) is 23.8 Å². The van der Waals surface area contributed by atoms with E-state index >= 15 is 0 Å². The van der Waals surface area contributed by atoms with Gasteiger partial charge in [-0.25, -0.2) is 21.1 Å². The van der Waals surface area contributed by atoms with Gasteiger partial charge in [-0.2, -0.15) is 4.31 Å². The fraction of sp³-hybridized carbons (Fsp3) is 0.611. The highest BCUT2D eigenvalue weighted by Crippen LogP contribution is 2.30. The van der Waals surface area contributed by atoms with Crippen LogP contribution in [0.15, 0.2) is 23.1 Å². The maximum atomic E-state index is 13.0. The van der Waals surface area contributed by atoms with E-state index in [2.05, 4.69) is 0 Å². The van der Waals surface area contributed by atoms with Crippen molar-refractivity contribution in [2.75, 3.05) is 52.6 Å². The highest BCUT2D eigenvalue weighted by atomic mass is 32.2. The summed E-state index contributed by atoms with van der Waals surface area (Å²) in [6.07, 6.45) is 3.30. The number of nitrogens with zero attached hydrogens (tertiary/aromatic N) is 3. The Kier molecular flexibility index (Phi) is 6.51. The zero-order valence-corrected chi connectivity index (χ0v) is 18.3. The minimum atomic E-state index is -3.75. The quantitative estimate of drug-likeness (QED) is 0.657. The molecule has 1 amide bonds. The van der Waals surface area contributed by atoms with Crippen LogP contribution in [-0.2, 0) is 20.0 Å². The van der Waals surface area contributed by atoms with Crippen LogP contribution < -0.4 is 4.74 Å². The number of amides is 1. The van der Waals surface area contributed by atoms with Crippen LogP contribution in [0.1, 0.15) is 29.6 Å². The third-order valence-electron chi connectivity index (χ3n) is 5.30. The number of hydrogen-bond donors (Lipinski definition) is 0. The zero-order chi connectivity index (χ0) is 21.2. The van der Waals surface area contributed by atoms with Gasteiger partial charge in [0.25, 0.3) is 5.91 Å². The third kappa shape index (κ3) is 4.73. The molecule has 0 bridgehead atoms. The Balaban J connectivity index is 1.86. The van der Waals surface area contributed by atoms with Crippen LogP contribution in [0.3, 0.4) is 0 Å². The van der Waals surface area contributed by atoms with Gasteiger partial charge in [-0.15, -0.1) is 0 Å². The predicted octanol–water partition coefficient (Wildman–Crippen LogP) is 0.587. The van der Waals surface area contributed by atoms with E-state index in [-0.39, 0.29) is 35.2 Å². The molecule has 29 heavy (non-hydrogen) atoms. The van der Waals surface area contributed by atoms with E-state index in [4.69, 9.17) is 4.74 Å². The highest BCUT2D eigenvalue weighted by Gasteiger charge is 2.31. The van der Waals surface area contributed by atoms with Gasteiger partial charge < -0.3 is 9.64 Å². The summed E-state index contributed by atoms with van der Waals surface area (Å²) in [7, 11) is -5.67. The van der Waals surface area contributed by atoms with Crippen LogP contribution in [0.2, 0.25) is 0 Å². The minimum absolute atomic E-state index is 0.0136. The zero-order valence-electron chi connectivity index (χ0n) is 16.7. The number of ether oxygens (including phenoxy) is 1. The molecule has 0 atom stereocenters. The number of benzene rings is 1. The Morgan fingerprint density at radius 2 is 1.55 bits per heavy atom. The molecule has 0 saturated carbocycles. The van der Waals surface area contributed by atoms with Gasteiger partial charge in [-0.05, 0) is 37.5 Å². The Hall–Kier alpha value is -1.69. The fourth-order valence-corrected chi connectivity index (χ4v) is 6.26. The molecule has 3 rings (SSSR count). The summed E-state index contributed by atoms with van der Waals surface area (Å²) in [6, 6.07) is 4.41. The van der Waals surface area contributed by atoms with Crippen LogP contribution in [0.25, 0.3) is 0 Å². The molecule has 11 heteroatoms. The van der Waals surface area contributed by atoms with Crippen molar-refractivity contribution in [1.82, 2.24) is 13.5 Å². The van der Waals surface area contributed by atoms with Gasteiger partial charge in [0.2, 0.25) is 20.0 Å². The second-order valence-corrected chi connectivity index (χ2v) is 11.2. The van der Waals surface area contributed by atoms with Crippen LogP contribution in [0.4, 0.5) is 0 Å². The van der Waals surface area contributed by atoms with Crippen LogP contribution in [0, 0.1) is 0 Å². The second kappa shape index (κ2) is 8.58. The molecule has 1 aromatic rings. The van der Waals surface area contributed by atoms with Gasteiger partial charge in [0.1, 0.15) is 10.6 Å². The lowest BCUT2D eigenvalue weighted by atomic mass is 10.2. The summed E-state index contributed by atoms with van der Waals surface area (Å²) in [5.74, 6) is -0.117. The number of hydrogen-bond acceptors (Lipinski definition) is 6. The summed E-state index contributed by atoms with van der Waals surface area (Å²) < 4.78 is 57.6. The van der Waals surface area contributed by atoms with Crippen LogP contribution >= 0.6 is 0 Å². The average Bonchev–Trinajstić information content (AvgIpc) is 3.11. The normalized spacial score (nSPS) is 19.9. The third-order valence-corrected chi connectivity index (χ3v) is 8.53. The van der Waals surface area contributed by atoms with E-state index in [0.717, 1.165) is 19.1 Å².